The van der Waals surface area contributed by atoms with Gasteiger partial charge in [0, 0.05) is 16.9 Å². The second-order valence-corrected chi connectivity index (χ2v) is 8.05. The Morgan fingerprint density at radius 1 is 1.06 bits per heavy atom. The Balaban J connectivity index is 1.65. The molecule has 0 saturated heterocycles. The molecule has 0 aliphatic carbocycles. The second kappa shape index (κ2) is 8.72. The van der Waals surface area contributed by atoms with Crippen molar-refractivity contribution in [3.63, 3.8) is 0 Å². The van der Waals surface area contributed by atoms with Gasteiger partial charge in [0.2, 0.25) is 0 Å². The number of halogens is 1. The van der Waals surface area contributed by atoms with E-state index in [9.17, 15) is 9.59 Å². The van der Waals surface area contributed by atoms with Crippen molar-refractivity contribution in [1.82, 2.24) is 24.4 Å². The summed E-state index contributed by atoms with van der Waals surface area (Å²) in [6, 6.07) is 15.9. The number of pyridine rings is 1. The molecule has 0 atom stereocenters. The zero-order valence-corrected chi connectivity index (χ0v) is 19.3. The molecule has 3 aromatic heterocycles. The fourth-order valence-electron chi connectivity index (χ4n) is 3.95. The van der Waals surface area contributed by atoms with Crippen LogP contribution in [0.1, 0.15) is 29.9 Å². The van der Waals surface area contributed by atoms with E-state index in [1.54, 1.807) is 48.0 Å². The number of hydrogen-bond acceptors (Lipinski definition) is 6. The monoisotopic (exact) mass is 473 g/mol. The lowest BCUT2D eigenvalue weighted by atomic mass is 10.0. The third-order valence-electron chi connectivity index (χ3n) is 5.56. The van der Waals surface area contributed by atoms with E-state index in [1.807, 2.05) is 31.2 Å². The third kappa shape index (κ3) is 3.62. The summed E-state index contributed by atoms with van der Waals surface area (Å²) in [6.07, 6.45) is 2.34. The van der Waals surface area contributed by atoms with E-state index in [1.165, 1.54) is 4.57 Å². The molecule has 170 valence electrons. The molecule has 0 spiro atoms. The summed E-state index contributed by atoms with van der Waals surface area (Å²) < 4.78 is 8.13. The Bertz CT molecular complexity index is 1610. The van der Waals surface area contributed by atoms with Crippen LogP contribution >= 0.6 is 11.6 Å². The molecule has 3 heterocycles. The number of fused-ring (bicyclic) bond motifs is 3. The standard InChI is InChI=1S/C25H20ClN5O3/c1-3-19-21(16-6-5-7-17(26)14-16)23-28-27-22-20(31(23)29-19)12-13-30(24(22)32)18-10-8-15(9-11-18)25(33)34-4-2/h5-14H,3-4H2,1-2H3. The summed E-state index contributed by atoms with van der Waals surface area (Å²) in [5.74, 6) is -0.408. The Morgan fingerprint density at radius 2 is 1.85 bits per heavy atom. The van der Waals surface area contributed by atoms with Gasteiger partial charge < -0.3 is 4.74 Å². The summed E-state index contributed by atoms with van der Waals surface area (Å²) in [5.41, 5.74) is 4.54. The average Bonchev–Trinajstić information content (AvgIpc) is 3.24. The Labute approximate surface area is 199 Å². The minimum Gasteiger partial charge on any atom is -0.462 e. The topological polar surface area (TPSA) is 91.4 Å². The first-order valence-corrected chi connectivity index (χ1v) is 11.2. The Hall–Kier alpha value is -4.04. The quantitative estimate of drug-likeness (QED) is 0.349. The van der Waals surface area contributed by atoms with Gasteiger partial charge in [-0.1, -0.05) is 30.7 Å². The van der Waals surface area contributed by atoms with E-state index in [2.05, 4.69) is 10.2 Å². The molecule has 9 heteroatoms. The highest BCUT2D eigenvalue weighted by molar-refractivity contribution is 6.30. The number of ether oxygens (including phenoxy) is 1. The van der Waals surface area contributed by atoms with Gasteiger partial charge in [-0.3, -0.25) is 9.36 Å². The predicted octanol–water partition coefficient (Wildman–Crippen LogP) is 4.49. The van der Waals surface area contributed by atoms with Crippen LogP contribution in [0, 0.1) is 0 Å². The van der Waals surface area contributed by atoms with Crippen LogP contribution in [0.2, 0.25) is 5.02 Å². The summed E-state index contributed by atoms with van der Waals surface area (Å²) >= 11 is 6.21. The van der Waals surface area contributed by atoms with Crippen molar-refractivity contribution in [2.75, 3.05) is 6.61 Å². The van der Waals surface area contributed by atoms with Crippen molar-refractivity contribution in [2.24, 2.45) is 0 Å². The zero-order chi connectivity index (χ0) is 23.8. The molecule has 0 bridgehead atoms. The van der Waals surface area contributed by atoms with Gasteiger partial charge in [0.15, 0.2) is 11.2 Å². The number of rotatable bonds is 5. The minimum absolute atomic E-state index is 0.187. The first-order chi connectivity index (χ1) is 16.5. The Kier molecular flexibility index (Phi) is 5.59. The predicted molar refractivity (Wildman–Crippen MR) is 130 cm³/mol. The number of carbonyl (C=O) groups is 1. The van der Waals surface area contributed by atoms with Crippen LogP contribution in [0.5, 0.6) is 0 Å². The van der Waals surface area contributed by atoms with Crippen LogP contribution in [0.4, 0.5) is 0 Å². The van der Waals surface area contributed by atoms with Crippen LogP contribution in [-0.4, -0.2) is 37.0 Å². The van der Waals surface area contributed by atoms with Crippen molar-refractivity contribution < 1.29 is 9.53 Å². The van der Waals surface area contributed by atoms with Gasteiger partial charge in [0.05, 0.1) is 23.4 Å². The normalized spacial score (nSPS) is 11.3. The number of aromatic nitrogens is 5. The fourth-order valence-corrected chi connectivity index (χ4v) is 4.14. The van der Waals surface area contributed by atoms with Crippen LogP contribution in [0.25, 0.3) is 33.5 Å². The summed E-state index contributed by atoms with van der Waals surface area (Å²) in [6.45, 7) is 4.06. The second-order valence-electron chi connectivity index (χ2n) is 7.61. The summed E-state index contributed by atoms with van der Waals surface area (Å²) in [5, 5.41) is 14.0. The van der Waals surface area contributed by atoms with Crippen molar-refractivity contribution >= 4 is 34.3 Å². The van der Waals surface area contributed by atoms with Crippen LogP contribution in [0.3, 0.4) is 0 Å². The SMILES string of the molecule is CCOC(=O)c1ccc(-n2ccc3c(nnc4c(-c5cccc(Cl)c5)c(CC)nn43)c2=O)cc1. The molecule has 0 aliphatic heterocycles. The van der Waals surface area contributed by atoms with E-state index < -0.39 is 5.97 Å². The van der Waals surface area contributed by atoms with Gasteiger partial charge in [-0.2, -0.15) is 5.10 Å². The molecular formula is C25H20ClN5O3. The molecule has 0 aliphatic rings. The van der Waals surface area contributed by atoms with Crippen LogP contribution in [0.15, 0.2) is 65.6 Å². The maximum atomic E-state index is 13.3. The van der Waals surface area contributed by atoms with Crippen LogP contribution < -0.4 is 5.56 Å². The molecule has 5 rings (SSSR count). The number of benzene rings is 2. The Morgan fingerprint density at radius 3 is 2.56 bits per heavy atom. The first kappa shape index (κ1) is 21.8. The van der Waals surface area contributed by atoms with Crippen molar-refractivity contribution in [1.29, 1.82) is 0 Å². The van der Waals surface area contributed by atoms with Gasteiger partial charge in [0.25, 0.3) is 5.56 Å². The first-order valence-electron chi connectivity index (χ1n) is 10.8. The molecule has 2 aromatic carbocycles. The number of nitrogens with zero attached hydrogens (tertiary/aromatic N) is 5. The highest BCUT2D eigenvalue weighted by Crippen LogP contribution is 2.30. The lowest BCUT2D eigenvalue weighted by Crippen LogP contribution is -2.20. The van der Waals surface area contributed by atoms with E-state index in [0.29, 0.717) is 40.5 Å². The number of esters is 1. The molecule has 0 fully saturated rings. The van der Waals surface area contributed by atoms with Gasteiger partial charge in [0.1, 0.15) is 5.52 Å². The van der Waals surface area contributed by atoms with E-state index in [0.717, 1.165) is 16.8 Å². The van der Waals surface area contributed by atoms with E-state index in [4.69, 9.17) is 21.4 Å². The highest BCUT2D eigenvalue weighted by Gasteiger charge is 2.19. The summed E-state index contributed by atoms with van der Waals surface area (Å²) in [7, 11) is 0. The molecule has 0 N–H and O–H groups in total. The molecule has 0 saturated carbocycles. The zero-order valence-electron chi connectivity index (χ0n) is 18.5. The molecular weight excluding hydrogens is 454 g/mol. The van der Waals surface area contributed by atoms with Crippen LogP contribution in [-0.2, 0) is 11.2 Å². The molecule has 0 radical (unpaired) electrons. The minimum atomic E-state index is -0.408. The molecule has 8 nitrogen and oxygen atoms in total. The van der Waals surface area contributed by atoms with Gasteiger partial charge in [-0.25, -0.2) is 9.31 Å². The third-order valence-corrected chi connectivity index (χ3v) is 5.79. The molecule has 0 unspecified atom stereocenters. The van der Waals surface area contributed by atoms with Gasteiger partial charge in [-0.05, 0) is 61.4 Å². The smallest absolute Gasteiger partial charge is 0.338 e. The molecule has 34 heavy (non-hydrogen) atoms. The maximum Gasteiger partial charge on any atom is 0.338 e. The van der Waals surface area contributed by atoms with E-state index >= 15 is 0 Å². The van der Waals surface area contributed by atoms with Crippen molar-refractivity contribution in [3.05, 3.63) is 87.4 Å². The maximum absolute atomic E-state index is 13.3. The molecule has 0 amide bonds. The number of hydrogen-bond donors (Lipinski definition) is 0. The largest absolute Gasteiger partial charge is 0.462 e. The fraction of sp³-hybridized carbons (Fsp3) is 0.160. The summed E-state index contributed by atoms with van der Waals surface area (Å²) in [4.78, 5) is 25.2. The lowest BCUT2D eigenvalue weighted by molar-refractivity contribution is 0.0526. The van der Waals surface area contributed by atoms with Gasteiger partial charge in [-0.15, -0.1) is 10.2 Å². The van der Waals surface area contributed by atoms with E-state index in [-0.39, 0.29) is 11.1 Å². The molecule has 5 aromatic rings. The number of carbonyl (C=O) groups excluding carboxylic acids is 1. The number of aryl methyl sites for hydroxylation is 1. The van der Waals surface area contributed by atoms with Crippen molar-refractivity contribution in [2.45, 2.75) is 20.3 Å². The van der Waals surface area contributed by atoms with Gasteiger partial charge >= 0.3 is 5.97 Å². The lowest BCUT2D eigenvalue weighted by Gasteiger charge is -2.08. The highest BCUT2D eigenvalue weighted by atomic mass is 35.5. The average molecular weight is 474 g/mol. The van der Waals surface area contributed by atoms with Crippen molar-refractivity contribution in [3.8, 4) is 16.8 Å².